The van der Waals surface area contributed by atoms with Crippen LogP contribution in [-0.2, 0) is 38.1 Å². The molecule has 0 aromatic carbocycles. The molecule has 1 saturated heterocycles. The quantitative estimate of drug-likeness (QED) is 0.0194. The van der Waals surface area contributed by atoms with E-state index in [2.05, 4.69) is 100 Å². The fourth-order valence-corrected chi connectivity index (χ4v) is 9.16. The van der Waals surface area contributed by atoms with Crippen molar-refractivity contribution in [1.29, 1.82) is 0 Å². The largest absolute Gasteiger partial charge is 0.489 e. The normalized spacial score (nSPS) is 16.5. The van der Waals surface area contributed by atoms with Gasteiger partial charge >= 0.3 is 17.9 Å². The van der Waals surface area contributed by atoms with Crippen LogP contribution in [0.3, 0.4) is 0 Å². The maximum absolute atomic E-state index is 13.6. The average Bonchev–Trinajstić information content (AvgIpc) is 3.78. The number of ether oxygens (including phenoxy) is 5. The molecular weight excluding hydrogens is 947 g/mol. The fraction of sp³-hybridized carbons (Fsp3) is 0.746. The van der Waals surface area contributed by atoms with Crippen LogP contribution in [-0.4, -0.2) is 81.1 Å². The van der Waals surface area contributed by atoms with Crippen molar-refractivity contribution < 1.29 is 38.1 Å². The molecule has 0 aromatic heterocycles. The summed E-state index contributed by atoms with van der Waals surface area (Å²) in [5.74, 6) is -0.447. The molecule has 0 aliphatic carbocycles. The first kappa shape index (κ1) is 70.3. The maximum atomic E-state index is 13.6. The summed E-state index contributed by atoms with van der Waals surface area (Å²) in [7, 11) is 3.95. The second-order valence-corrected chi connectivity index (χ2v) is 21.5. The van der Waals surface area contributed by atoms with Crippen molar-refractivity contribution in [3.05, 3.63) is 85.3 Å². The summed E-state index contributed by atoms with van der Waals surface area (Å²) >= 11 is 0. The van der Waals surface area contributed by atoms with Gasteiger partial charge in [0.2, 0.25) is 0 Å². The second-order valence-electron chi connectivity index (χ2n) is 21.5. The lowest BCUT2D eigenvalue weighted by atomic mass is 10.0. The lowest BCUT2D eigenvalue weighted by Crippen LogP contribution is -2.46. The molecule has 9 heteroatoms. The van der Waals surface area contributed by atoms with E-state index >= 15 is 0 Å². The van der Waals surface area contributed by atoms with Crippen LogP contribution in [0.2, 0.25) is 0 Å². The fourth-order valence-electron chi connectivity index (χ4n) is 9.16. The highest BCUT2D eigenvalue weighted by molar-refractivity contribution is 5.71. The van der Waals surface area contributed by atoms with Crippen LogP contribution in [0.25, 0.3) is 0 Å². The molecule has 0 N–H and O–H groups in total. The molecule has 0 saturated carbocycles. The molecule has 1 aliphatic rings. The number of hydrogen-bond acceptors (Lipinski definition) is 9. The Balaban J connectivity index is 2.86. The van der Waals surface area contributed by atoms with Gasteiger partial charge < -0.3 is 28.6 Å². The number of hydrogen-bond donors (Lipinski definition) is 0. The van der Waals surface area contributed by atoms with Crippen LogP contribution < -0.4 is 0 Å². The van der Waals surface area contributed by atoms with Gasteiger partial charge in [-0.2, -0.15) is 0 Å². The predicted molar refractivity (Wildman–Crippen MR) is 320 cm³/mol. The van der Waals surface area contributed by atoms with Crippen LogP contribution in [0.4, 0.5) is 0 Å². The minimum atomic E-state index is -0.917. The number of allylic oxidation sites excluding steroid dienone is 13. The summed E-state index contributed by atoms with van der Waals surface area (Å²) in [6.07, 6.45) is 62.9. The Morgan fingerprint density at radius 2 is 0.842 bits per heavy atom. The van der Waals surface area contributed by atoms with Crippen molar-refractivity contribution in [3.8, 4) is 0 Å². The third-order valence-electron chi connectivity index (χ3n) is 13.8. The number of unbranched alkanes of at least 4 members (excludes halogenated alkanes) is 24. The lowest BCUT2D eigenvalue weighted by molar-refractivity contribution is -0.171. The molecule has 1 unspecified atom stereocenters. The third kappa shape index (κ3) is 44.3. The van der Waals surface area contributed by atoms with Crippen LogP contribution >= 0.6 is 0 Å². The Bertz CT molecular complexity index is 1580. The minimum absolute atomic E-state index is 0.0499. The second kappa shape index (κ2) is 53.3. The SMILES string of the molecule is C=C(CCCCCCC/C=C\C/C=C\CCCCC)O[C@H](COC(=O)CCCN(C)C)C1OC[C@H](OC(=O)CCCCCCC/C=C\C/C=C\CCCCC)[C@H]1OC(=O)CCCCCCC/C=C\C/C=C\CCCCC. The molecule has 1 heterocycles. The summed E-state index contributed by atoms with van der Waals surface area (Å²) in [5, 5.41) is 0. The molecule has 0 bridgehead atoms. The molecule has 4 atom stereocenters. The van der Waals surface area contributed by atoms with E-state index in [0.29, 0.717) is 25.0 Å². The summed E-state index contributed by atoms with van der Waals surface area (Å²) in [6.45, 7) is 11.7. The summed E-state index contributed by atoms with van der Waals surface area (Å²) in [6, 6.07) is 0. The Morgan fingerprint density at radius 1 is 0.474 bits per heavy atom. The van der Waals surface area contributed by atoms with Crippen LogP contribution in [0.5, 0.6) is 0 Å². The van der Waals surface area contributed by atoms with E-state index in [-0.39, 0.29) is 50.4 Å². The zero-order valence-corrected chi connectivity index (χ0v) is 49.6. The van der Waals surface area contributed by atoms with E-state index < -0.39 is 24.4 Å². The van der Waals surface area contributed by atoms with Gasteiger partial charge in [-0.05, 0) is 143 Å². The average molecular weight is 1060 g/mol. The molecule has 76 heavy (non-hydrogen) atoms. The monoisotopic (exact) mass is 1060 g/mol. The number of esters is 3. The third-order valence-corrected chi connectivity index (χ3v) is 13.8. The Labute approximate surface area is 467 Å². The molecule has 1 fully saturated rings. The summed E-state index contributed by atoms with van der Waals surface area (Å²) in [5.41, 5.74) is 0. The van der Waals surface area contributed by atoms with E-state index in [1.165, 1.54) is 89.9 Å². The van der Waals surface area contributed by atoms with Crippen molar-refractivity contribution >= 4 is 17.9 Å². The summed E-state index contributed by atoms with van der Waals surface area (Å²) in [4.78, 5) is 42.0. The molecule has 0 spiro atoms. The number of carbonyl (C=O) groups excluding carboxylic acids is 3. The standard InChI is InChI=1S/C67H115NO8/c1-7-10-13-16-19-22-25-28-31-34-37-40-43-46-49-53-60(4)74-61(58-72-63(69)56-52-57-68(5)6)66-67(76-65(71)55-51-48-45-42-39-36-33-30-27-24-21-18-15-12-9-3)62(59-73-66)75-64(70)54-50-47-44-41-38-35-32-29-26-23-20-17-14-11-8-2/h19-24,28-33,61-62,66-67H,4,7-18,25-27,34-59H2,1-3,5-6H3/b22-19-,23-20-,24-21-,31-28-,32-29-,33-30-/t61-,62+,66?,67-/m1/s1. The Kier molecular flexibility index (Phi) is 49.3. The van der Waals surface area contributed by atoms with Gasteiger partial charge in [-0.3, -0.25) is 14.4 Å². The van der Waals surface area contributed by atoms with Gasteiger partial charge in [0.05, 0.1) is 12.4 Å². The van der Waals surface area contributed by atoms with Gasteiger partial charge in [0, 0.05) is 25.7 Å². The molecule has 0 aromatic rings. The zero-order valence-electron chi connectivity index (χ0n) is 49.6. The van der Waals surface area contributed by atoms with E-state index in [0.717, 1.165) is 122 Å². The van der Waals surface area contributed by atoms with Gasteiger partial charge in [0.15, 0.2) is 18.3 Å². The lowest BCUT2D eigenvalue weighted by Gasteiger charge is -2.30. The number of nitrogens with zero attached hydrogens (tertiary/aromatic N) is 1. The van der Waals surface area contributed by atoms with Crippen molar-refractivity contribution in [2.75, 3.05) is 33.9 Å². The van der Waals surface area contributed by atoms with Crippen molar-refractivity contribution in [3.63, 3.8) is 0 Å². The highest BCUT2D eigenvalue weighted by Gasteiger charge is 2.48. The molecule has 436 valence electrons. The first-order chi connectivity index (χ1) is 37.2. The minimum Gasteiger partial charge on any atom is -0.489 e. The van der Waals surface area contributed by atoms with E-state index in [4.69, 9.17) is 23.7 Å². The smallest absolute Gasteiger partial charge is 0.306 e. The molecule has 9 nitrogen and oxygen atoms in total. The van der Waals surface area contributed by atoms with Gasteiger partial charge in [0.1, 0.15) is 12.7 Å². The van der Waals surface area contributed by atoms with E-state index in [1.54, 1.807) is 0 Å². The highest BCUT2D eigenvalue weighted by Crippen LogP contribution is 2.29. The number of rotatable bonds is 53. The van der Waals surface area contributed by atoms with Gasteiger partial charge in [-0.15, -0.1) is 0 Å². The Morgan fingerprint density at radius 3 is 1.26 bits per heavy atom. The molecule has 0 radical (unpaired) electrons. The maximum Gasteiger partial charge on any atom is 0.306 e. The van der Waals surface area contributed by atoms with Gasteiger partial charge in [-0.1, -0.05) is 197 Å². The van der Waals surface area contributed by atoms with Crippen LogP contribution in [0.15, 0.2) is 85.3 Å². The number of carbonyl (C=O) groups is 3. The first-order valence-electron chi connectivity index (χ1n) is 31.3. The van der Waals surface area contributed by atoms with Crippen molar-refractivity contribution in [2.24, 2.45) is 0 Å². The van der Waals surface area contributed by atoms with Crippen LogP contribution in [0.1, 0.15) is 265 Å². The molecular formula is C67H115NO8. The highest BCUT2D eigenvalue weighted by atomic mass is 16.6. The van der Waals surface area contributed by atoms with E-state index in [9.17, 15) is 14.4 Å². The van der Waals surface area contributed by atoms with Crippen molar-refractivity contribution in [2.45, 2.75) is 289 Å². The first-order valence-corrected chi connectivity index (χ1v) is 31.3. The van der Waals surface area contributed by atoms with Crippen molar-refractivity contribution in [1.82, 2.24) is 4.90 Å². The van der Waals surface area contributed by atoms with E-state index in [1.807, 2.05) is 19.0 Å². The topological polar surface area (TPSA) is 101 Å². The van der Waals surface area contributed by atoms with Gasteiger partial charge in [-0.25, -0.2) is 0 Å². The molecule has 0 amide bonds. The molecule has 1 aliphatic heterocycles. The van der Waals surface area contributed by atoms with Crippen LogP contribution in [0, 0.1) is 0 Å². The zero-order chi connectivity index (χ0) is 55.2. The van der Waals surface area contributed by atoms with Gasteiger partial charge in [0.25, 0.3) is 0 Å². The molecule has 1 rings (SSSR count). The summed E-state index contributed by atoms with van der Waals surface area (Å²) < 4.78 is 30.9. The Hall–Kier alpha value is -3.69. The predicted octanol–water partition coefficient (Wildman–Crippen LogP) is 18.4.